The number of hydrogen-bond donors (Lipinski definition) is 2. The van der Waals surface area contributed by atoms with Crippen molar-refractivity contribution in [1.29, 1.82) is 0 Å². The van der Waals surface area contributed by atoms with E-state index in [1.54, 1.807) is 0 Å². The Labute approximate surface area is 142 Å². The van der Waals surface area contributed by atoms with E-state index in [0.717, 1.165) is 11.1 Å². The minimum atomic E-state index is -3.57. The van der Waals surface area contributed by atoms with Crippen LogP contribution >= 0.6 is 11.3 Å². The summed E-state index contributed by atoms with van der Waals surface area (Å²) in [4.78, 5) is 13.2. The van der Waals surface area contributed by atoms with E-state index in [1.807, 2.05) is 17.5 Å². The lowest BCUT2D eigenvalue weighted by Gasteiger charge is -2.10. The third-order valence-electron chi connectivity index (χ3n) is 2.95. The second kappa shape index (κ2) is 6.49. The van der Waals surface area contributed by atoms with Gasteiger partial charge in [-0.05, 0) is 17.5 Å². The molecule has 2 N–H and O–H groups in total. The first-order valence-electron chi connectivity index (χ1n) is 6.71. The number of carbonyl (C=O) groups excluding carboxylic acids is 1. The Balaban J connectivity index is 1.86. The van der Waals surface area contributed by atoms with Crippen LogP contribution in [0.15, 0.2) is 34.7 Å². The fourth-order valence-corrected chi connectivity index (χ4v) is 3.15. The molecule has 0 unspecified atom stereocenters. The molecule has 0 atom stereocenters. The van der Waals surface area contributed by atoms with Crippen LogP contribution in [0.25, 0.3) is 0 Å². The number of carbonyl (C=O) groups is 1. The molecule has 3 rings (SSSR count). The second-order valence-corrected chi connectivity index (χ2v) is 7.57. The highest BCUT2D eigenvalue weighted by molar-refractivity contribution is 7.92. The summed E-state index contributed by atoms with van der Waals surface area (Å²) in [7, 11) is -3.57. The third kappa shape index (κ3) is 3.84. The van der Waals surface area contributed by atoms with Crippen LogP contribution in [0.2, 0.25) is 0 Å². The molecule has 10 heteroatoms. The number of amides is 1. The van der Waals surface area contributed by atoms with Gasteiger partial charge in [0.1, 0.15) is 0 Å². The molecule has 1 aliphatic rings. The van der Waals surface area contributed by atoms with Crippen LogP contribution in [0.5, 0.6) is 11.5 Å². The molecule has 1 aromatic carbocycles. The zero-order valence-electron chi connectivity index (χ0n) is 12.5. The zero-order valence-corrected chi connectivity index (χ0v) is 14.1. The number of nitrogens with one attached hydrogen (secondary N) is 2. The molecule has 1 aromatic heterocycles. The van der Waals surface area contributed by atoms with E-state index in [9.17, 15) is 13.2 Å². The van der Waals surface area contributed by atoms with Crippen LogP contribution < -0.4 is 19.6 Å². The molecule has 126 valence electrons. The van der Waals surface area contributed by atoms with Gasteiger partial charge in [0.25, 0.3) is 5.91 Å². The standard InChI is InChI=1S/C14H13N3O5S2/c1-24(19,20)17-11-6-13-12(21-8-22-13)5-10(11)14(18)16-15-7-9-3-2-4-23-9/h2-7,17H,8H2,1H3,(H,16,18)/b15-7+. The first kappa shape index (κ1) is 16.3. The average Bonchev–Trinajstić information content (AvgIpc) is 3.15. The Morgan fingerprint density at radius 2 is 2.08 bits per heavy atom. The van der Waals surface area contributed by atoms with Crippen molar-refractivity contribution < 1.29 is 22.7 Å². The Bertz CT molecular complexity index is 891. The van der Waals surface area contributed by atoms with Crippen LogP contribution in [-0.4, -0.2) is 33.6 Å². The number of sulfonamides is 1. The third-order valence-corrected chi connectivity index (χ3v) is 4.35. The van der Waals surface area contributed by atoms with Crippen molar-refractivity contribution in [2.24, 2.45) is 5.10 Å². The number of rotatable bonds is 5. The highest BCUT2D eigenvalue weighted by Gasteiger charge is 2.22. The minimum absolute atomic E-state index is 0.00918. The number of anilines is 1. The predicted octanol–water partition coefficient (Wildman–Crippen LogP) is 1.61. The molecule has 1 amide bonds. The van der Waals surface area contributed by atoms with Crippen molar-refractivity contribution in [1.82, 2.24) is 5.43 Å². The van der Waals surface area contributed by atoms with Gasteiger partial charge in [-0.25, -0.2) is 13.8 Å². The van der Waals surface area contributed by atoms with Gasteiger partial charge in [0.15, 0.2) is 11.5 Å². The van der Waals surface area contributed by atoms with Crippen LogP contribution in [-0.2, 0) is 10.0 Å². The van der Waals surface area contributed by atoms with E-state index < -0.39 is 15.9 Å². The van der Waals surface area contributed by atoms with Crippen molar-refractivity contribution in [3.63, 3.8) is 0 Å². The average molecular weight is 367 g/mol. The predicted molar refractivity (Wildman–Crippen MR) is 90.4 cm³/mol. The van der Waals surface area contributed by atoms with Gasteiger partial charge < -0.3 is 9.47 Å². The number of ether oxygens (including phenoxy) is 2. The summed E-state index contributed by atoms with van der Waals surface area (Å²) < 4.78 is 35.7. The topological polar surface area (TPSA) is 106 Å². The molecule has 0 bridgehead atoms. The van der Waals surface area contributed by atoms with Gasteiger partial charge in [0.05, 0.1) is 23.7 Å². The van der Waals surface area contributed by atoms with Gasteiger partial charge in [0.2, 0.25) is 16.8 Å². The van der Waals surface area contributed by atoms with E-state index in [1.165, 1.54) is 29.7 Å². The quantitative estimate of drug-likeness (QED) is 0.617. The normalized spacial score (nSPS) is 13.2. The van der Waals surface area contributed by atoms with Gasteiger partial charge in [-0.2, -0.15) is 5.10 Å². The minimum Gasteiger partial charge on any atom is -0.454 e. The Hall–Kier alpha value is -2.59. The maximum atomic E-state index is 12.3. The first-order valence-corrected chi connectivity index (χ1v) is 9.48. The van der Waals surface area contributed by atoms with Gasteiger partial charge in [-0.15, -0.1) is 11.3 Å². The molecule has 0 fully saturated rings. The van der Waals surface area contributed by atoms with Gasteiger partial charge in [-0.3, -0.25) is 9.52 Å². The van der Waals surface area contributed by atoms with Crippen LogP contribution in [0.1, 0.15) is 15.2 Å². The van der Waals surface area contributed by atoms with Gasteiger partial charge >= 0.3 is 0 Å². The SMILES string of the molecule is CS(=O)(=O)Nc1cc2c(cc1C(=O)N/N=C/c1cccs1)OCO2. The Morgan fingerprint density at radius 1 is 1.33 bits per heavy atom. The van der Waals surface area contributed by atoms with Crippen LogP contribution in [0.3, 0.4) is 0 Å². The Morgan fingerprint density at radius 3 is 2.75 bits per heavy atom. The monoisotopic (exact) mass is 367 g/mol. The number of fused-ring (bicyclic) bond motifs is 1. The fraction of sp³-hybridized carbons (Fsp3) is 0.143. The maximum Gasteiger partial charge on any atom is 0.273 e. The summed E-state index contributed by atoms with van der Waals surface area (Å²) in [5.41, 5.74) is 2.53. The molecule has 2 aromatic rings. The van der Waals surface area contributed by atoms with E-state index >= 15 is 0 Å². The summed E-state index contributed by atoms with van der Waals surface area (Å²) in [5, 5.41) is 5.74. The van der Waals surface area contributed by atoms with Crippen molar-refractivity contribution in [2.75, 3.05) is 17.8 Å². The zero-order chi connectivity index (χ0) is 17.2. The first-order chi connectivity index (χ1) is 11.4. The maximum absolute atomic E-state index is 12.3. The molecule has 0 saturated carbocycles. The van der Waals surface area contributed by atoms with Crippen LogP contribution in [0, 0.1) is 0 Å². The number of hydrazone groups is 1. The lowest BCUT2D eigenvalue weighted by molar-refractivity contribution is 0.0955. The number of benzene rings is 1. The summed E-state index contributed by atoms with van der Waals surface area (Å²) in [6.45, 7) is 0.00918. The van der Waals surface area contributed by atoms with E-state index in [0.29, 0.717) is 11.5 Å². The summed E-state index contributed by atoms with van der Waals surface area (Å²) in [6.07, 6.45) is 2.49. The van der Waals surface area contributed by atoms with Crippen LogP contribution in [0.4, 0.5) is 5.69 Å². The van der Waals surface area contributed by atoms with E-state index in [4.69, 9.17) is 9.47 Å². The lowest BCUT2D eigenvalue weighted by atomic mass is 10.1. The fourth-order valence-electron chi connectivity index (χ4n) is 1.99. The van der Waals surface area contributed by atoms with E-state index in [-0.39, 0.29) is 18.0 Å². The molecular formula is C14H13N3O5S2. The van der Waals surface area contributed by atoms with E-state index in [2.05, 4.69) is 15.2 Å². The van der Waals surface area contributed by atoms with Crippen molar-refractivity contribution in [2.45, 2.75) is 0 Å². The molecule has 0 radical (unpaired) electrons. The molecule has 0 spiro atoms. The second-order valence-electron chi connectivity index (χ2n) is 4.84. The smallest absolute Gasteiger partial charge is 0.273 e. The molecule has 2 heterocycles. The summed E-state index contributed by atoms with van der Waals surface area (Å²) >= 11 is 1.47. The summed E-state index contributed by atoms with van der Waals surface area (Å²) in [6, 6.07) is 6.52. The number of nitrogens with zero attached hydrogens (tertiary/aromatic N) is 1. The van der Waals surface area contributed by atoms with Gasteiger partial charge in [0, 0.05) is 10.9 Å². The lowest BCUT2D eigenvalue weighted by Crippen LogP contribution is -2.21. The molecule has 0 aliphatic carbocycles. The molecule has 8 nitrogen and oxygen atoms in total. The molecule has 1 aliphatic heterocycles. The molecular weight excluding hydrogens is 354 g/mol. The Kier molecular flexibility index (Phi) is 4.40. The molecule has 24 heavy (non-hydrogen) atoms. The largest absolute Gasteiger partial charge is 0.454 e. The molecule has 0 saturated heterocycles. The van der Waals surface area contributed by atoms with Gasteiger partial charge in [-0.1, -0.05) is 6.07 Å². The number of thiophene rings is 1. The number of hydrogen-bond acceptors (Lipinski definition) is 7. The van der Waals surface area contributed by atoms with Crippen molar-refractivity contribution in [3.05, 3.63) is 40.1 Å². The summed E-state index contributed by atoms with van der Waals surface area (Å²) in [5.74, 6) is 0.147. The van der Waals surface area contributed by atoms with Crippen molar-refractivity contribution >= 4 is 39.2 Å². The highest BCUT2D eigenvalue weighted by atomic mass is 32.2. The highest BCUT2D eigenvalue weighted by Crippen LogP contribution is 2.37. The van der Waals surface area contributed by atoms with Crippen molar-refractivity contribution in [3.8, 4) is 11.5 Å².